The molecule has 0 aliphatic heterocycles. The first-order chi connectivity index (χ1) is 6.39. The average Bonchev–Trinajstić information content (AvgIpc) is 2.03. The van der Waals surface area contributed by atoms with Crippen LogP contribution in [0.25, 0.3) is 0 Å². The lowest BCUT2D eigenvalue weighted by atomic mass is 10.2. The van der Waals surface area contributed by atoms with E-state index in [9.17, 15) is 9.59 Å². The Balaban J connectivity index is 4.14. The maximum atomic E-state index is 11.1. The third-order valence-electron chi connectivity index (χ3n) is 1.13. The Morgan fingerprint density at radius 2 is 2.00 bits per heavy atom. The van der Waals surface area contributed by atoms with Gasteiger partial charge in [-0.2, -0.15) is 0 Å². The first kappa shape index (κ1) is 12.4. The van der Waals surface area contributed by atoms with Crippen LogP contribution in [-0.2, 0) is 9.53 Å². The molecule has 0 unspecified atom stereocenters. The fraction of sp³-hybridized carbons (Fsp3) is 0.400. The summed E-state index contributed by atoms with van der Waals surface area (Å²) in [5, 5.41) is 2.32. The average molecular weight is 197 g/mol. The van der Waals surface area contributed by atoms with Gasteiger partial charge >= 0.3 is 6.09 Å². The molecule has 78 valence electrons. The smallest absolute Gasteiger partial charge is 0.411 e. The molecule has 14 heavy (non-hydrogen) atoms. The lowest BCUT2D eigenvalue weighted by Crippen LogP contribution is -2.29. The minimum atomic E-state index is -0.598. The summed E-state index contributed by atoms with van der Waals surface area (Å²) >= 11 is 0. The second-order valence-corrected chi connectivity index (χ2v) is 3.61. The van der Waals surface area contributed by atoms with Crippen LogP contribution in [0.1, 0.15) is 20.8 Å². The highest BCUT2D eigenvalue weighted by atomic mass is 16.6. The SMILES string of the molecule is C=CC(C=O)=CNC(=O)OC(C)(C)C. The topological polar surface area (TPSA) is 55.4 Å². The molecule has 0 rings (SSSR count). The van der Waals surface area contributed by atoms with E-state index in [1.807, 2.05) is 0 Å². The van der Waals surface area contributed by atoms with Gasteiger partial charge in [0.25, 0.3) is 0 Å². The van der Waals surface area contributed by atoms with Crippen LogP contribution in [0.4, 0.5) is 4.79 Å². The zero-order valence-electron chi connectivity index (χ0n) is 8.66. The first-order valence-electron chi connectivity index (χ1n) is 4.16. The Morgan fingerprint density at radius 1 is 1.43 bits per heavy atom. The van der Waals surface area contributed by atoms with E-state index in [-0.39, 0.29) is 5.57 Å². The summed E-state index contributed by atoms with van der Waals surface area (Å²) in [5.74, 6) is 0. The van der Waals surface area contributed by atoms with Gasteiger partial charge in [0.15, 0.2) is 6.29 Å². The number of aldehydes is 1. The Bertz CT molecular complexity index is 251. The summed E-state index contributed by atoms with van der Waals surface area (Å²) in [5.41, 5.74) is -0.260. The Morgan fingerprint density at radius 3 is 2.36 bits per heavy atom. The van der Waals surface area contributed by atoms with Gasteiger partial charge in [-0.25, -0.2) is 4.79 Å². The highest BCUT2D eigenvalue weighted by Gasteiger charge is 2.14. The predicted octanol–water partition coefficient (Wildman–Crippen LogP) is 1.78. The second-order valence-electron chi connectivity index (χ2n) is 3.61. The van der Waals surface area contributed by atoms with Gasteiger partial charge in [0.1, 0.15) is 5.60 Å². The van der Waals surface area contributed by atoms with Crippen molar-refractivity contribution in [2.24, 2.45) is 0 Å². The van der Waals surface area contributed by atoms with Crippen LogP contribution in [0, 0.1) is 0 Å². The molecule has 0 atom stereocenters. The van der Waals surface area contributed by atoms with Gasteiger partial charge in [-0.05, 0) is 20.8 Å². The zero-order chi connectivity index (χ0) is 11.2. The molecule has 0 spiro atoms. The minimum Gasteiger partial charge on any atom is -0.444 e. The van der Waals surface area contributed by atoms with Crippen LogP contribution in [-0.4, -0.2) is 18.0 Å². The van der Waals surface area contributed by atoms with E-state index >= 15 is 0 Å². The number of ether oxygens (including phenoxy) is 1. The second kappa shape index (κ2) is 5.21. The third kappa shape index (κ3) is 5.99. The molecule has 0 saturated carbocycles. The molecule has 0 bridgehead atoms. The van der Waals surface area contributed by atoms with Crippen LogP contribution in [0.2, 0.25) is 0 Å². The quantitative estimate of drug-likeness (QED) is 0.426. The number of alkyl carbamates (subject to hydrolysis) is 1. The van der Waals surface area contributed by atoms with E-state index in [1.54, 1.807) is 20.8 Å². The molecule has 4 heteroatoms. The van der Waals surface area contributed by atoms with Crippen LogP contribution >= 0.6 is 0 Å². The molecule has 0 aromatic rings. The van der Waals surface area contributed by atoms with E-state index < -0.39 is 11.7 Å². The van der Waals surface area contributed by atoms with Gasteiger partial charge in [-0.1, -0.05) is 12.7 Å². The number of hydrogen-bond donors (Lipinski definition) is 1. The number of hydrogen-bond acceptors (Lipinski definition) is 3. The van der Waals surface area contributed by atoms with Crippen molar-refractivity contribution in [1.29, 1.82) is 0 Å². The van der Waals surface area contributed by atoms with Crippen molar-refractivity contribution < 1.29 is 14.3 Å². The Labute approximate surface area is 83.6 Å². The van der Waals surface area contributed by atoms with Crippen molar-refractivity contribution in [2.45, 2.75) is 26.4 Å². The summed E-state index contributed by atoms with van der Waals surface area (Å²) in [6.45, 7) is 8.66. The Kier molecular flexibility index (Phi) is 4.63. The fourth-order valence-corrected chi connectivity index (χ4v) is 0.591. The number of nitrogens with one attached hydrogen (secondary N) is 1. The monoisotopic (exact) mass is 197 g/mol. The van der Waals surface area contributed by atoms with Gasteiger partial charge in [-0.15, -0.1) is 0 Å². The molecule has 0 aliphatic rings. The van der Waals surface area contributed by atoms with Crippen molar-refractivity contribution >= 4 is 12.4 Å². The van der Waals surface area contributed by atoms with Crippen molar-refractivity contribution in [3.05, 3.63) is 24.4 Å². The van der Waals surface area contributed by atoms with E-state index in [2.05, 4.69) is 11.9 Å². The normalized spacial score (nSPS) is 11.8. The molecular formula is C10H15NO3. The summed E-state index contributed by atoms with van der Waals surface area (Å²) in [6.07, 6.45) is 2.57. The molecule has 4 nitrogen and oxygen atoms in total. The molecule has 0 saturated heterocycles. The lowest BCUT2D eigenvalue weighted by Gasteiger charge is -2.18. The number of rotatable bonds is 3. The van der Waals surface area contributed by atoms with Crippen molar-refractivity contribution in [2.75, 3.05) is 0 Å². The zero-order valence-corrected chi connectivity index (χ0v) is 8.66. The number of carbonyl (C=O) groups is 2. The number of amides is 1. The maximum Gasteiger partial charge on any atom is 0.411 e. The van der Waals surface area contributed by atoms with Gasteiger partial charge in [0, 0.05) is 11.8 Å². The lowest BCUT2D eigenvalue weighted by molar-refractivity contribution is -0.104. The molecule has 0 aliphatic carbocycles. The van der Waals surface area contributed by atoms with E-state index in [4.69, 9.17) is 4.74 Å². The first-order valence-corrected chi connectivity index (χ1v) is 4.16. The summed E-state index contributed by atoms with van der Waals surface area (Å²) in [4.78, 5) is 21.4. The van der Waals surface area contributed by atoms with E-state index in [0.29, 0.717) is 6.29 Å². The summed E-state index contributed by atoms with van der Waals surface area (Å²) in [7, 11) is 0. The van der Waals surface area contributed by atoms with Crippen LogP contribution in [0.3, 0.4) is 0 Å². The molecule has 0 aromatic carbocycles. The van der Waals surface area contributed by atoms with E-state index in [1.165, 1.54) is 12.3 Å². The Hall–Kier alpha value is -1.58. The molecule has 0 aromatic heterocycles. The van der Waals surface area contributed by atoms with Crippen molar-refractivity contribution in [3.63, 3.8) is 0 Å². The molecule has 0 fully saturated rings. The molecular weight excluding hydrogens is 182 g/mol. The molecule has 0 heterocycles. The molecule has 1 amide bonds. The van der Waals surface area contributed by atoms with Gasteiger partial charge in [0.05, 0.1) is 0 Å². The largest absolute Gasteiger partial charge is 0.444 e. The van der Waals surface area contributed by atoms with Crippen LogP contribution in [0.15, 0.2) is 24.4 Å². The molecule has 1 N–H and O–H groups in total. The van der Waals surface area contributed by atoms with Crippen molar-refractivity contribution in [1.82, 2.24) is 5.32 Å². The van der Waals surface area contributed by atoms with Gasteiger partial charge < -0.3 is 4.74 Å². The maximum absolute atomic E-state index is 11.1. The van der Waals surface area contributed by atoms with E-state index in [0.717, 1.165) is 0 Å². The third-order valence-corrected chi connectivity index (χ3v) is 1.13. The molecule has 0 radical (unpaired) electrons. The highest BCUT2D eigenvalue weighted by Crippen LogP contribution is 2.06. The standard InChI is InChI=1S/C10H15NO3/c1-5-8(7-12)6-11-9(13)14-10(2,3)4/h5-7H,1H2,2-4H3,(H,11,13). The summed E-state index contributed by atoms with van der Waals surface area (Å²) in [6, 6.07) is 0. The minimum absolute atomic E-state index is 0.288. The fourth-order valence-electron chi connectivity index (χ4n) is 0.591. The van der Waals surface area contributed by atoms with Crippen LogP contribution < -0.4 is 5.32 Å². The van der Waals surface area contributed by atoms with Crippen LogP contribution in [0.5, 0.6) is 0 Å². The predicted molar refractivity (Wildman–Crippen MR) is 53.7 cm³/mol. The summed E-state index contributed by atoms with van der Waals surface area (Å²) < 4.78 is 4.93. The van der Waals surface area contributed by atoms with Gasteiger partial charge in [-0.3, -0.25) is 10.1 Å². The number of carbonyl (C=O) groups excluding carboxylic acids is 2. The highest BCUT2D eigenvalue weighted by molar-refractivity contribution is 5.79. The van der Waals surface area contributed by atoms with Crippen molar-refractivity contribution in [3.8, 4) is 0 Å². The number of allylic oxidation sites excluding steroid dienone is 2. The van der Waals surface area contributed by atoms with Gasteiger partial charge in [0.2, 0.25) is 0 Å².